The van der Waals surface area contributed by atoms with E-state index in [1.807, 2.05) is 13.8 Å². The van der Waals surface area contributed by atoms with E-state index in [9.17, 15) is 14.0 Å². The van der Waals surface area contributed by atoms with Gasteiger partial charge in [-0.3, -0.25) is 9.59 Å². The van der Waals surface area contributed by atoms with Crippen molar-refractivity contribution in [2.24, 2.45) is 0 Å². The van der Waals surface area contributed by atoms with Crippen molar-refractivity contribution in [2.75, 3.05) is 27.4 Å². The topological polar surface area (TPSA) is 77.1 Å². The Morgan fingerprint density at radius 3 is 2.15 bits per heavy atom. The van der Waals surface area contributed by atoms with Crippen molar-refractivity contribution in [3.05, 3.63) is 53.8 Å². The minimum absolute atomic E-state index is 0.156. The molecule has 0 aliphatic rings. The zero-order valence-electron chi connectivity index (χ0n) is 19.7. The molecule has 0 saturated carbocycles. The maximum absolute atomic E-state index is 13.4. The standard InChI is InChI=1S/C25H33FN2O5/c1-5-7-12-27-25(30)23(6-2)28(16-18-8-10-19(26)11-9-18)24(29)17-33-22-14-20(31-3)13-21(15-22)32-4/h8-11,13-15,23H,5-7,12,16-17H2,1-4H3,(H,27,30)/t23-/m0/s1. The lowest BCUT2D eigenvalue weighted by Gasteiger charge is -2.30. The molecule has 180 valence electrons. The molecule has 0 heterocycles. The van der Waals surface area contributed by atoms with E-state index in [1.165, 1.54) is 31.3 Å². The molecule has 0 aromatic heterocycles. The first-order chi connectivity index (χ1) is 15.9. The van der Waals surface area contributed by atoms with Crippen LogP contribution in [0.25, 0.3) is 0 Å². The van der Waals surface area contributed by atoms with Gasteiger partial charge in [-0.25, -0.2) is 4.39 Å². The normalized spacial score (nSPS) is 11.4. The average molecular weight is 461 g/mol. The van der Waals surface area contributed by atoms with Crippen molar-refractivity contribution in [2.45, 2.75) is 45.7 Å². The first kappa shape index (κ1) is 26.0. The van der Waals surface area contributed by atoms with Crippen LogP contribution >= 0.6 is 0 Å². The fourth-order valence-electron chi connectivity index (χ4n) is 3.30. The second-order valence-electron chi connectivity index (χ2n) is 7.55. The van der Waals surface area contributed by atoms with Gasteiger partial charge in [0.05, 0.1) is 14.2 Å². The Morgan fingerprint density at radius 2 is 1.61 bits per heavy atom. The van der Waals surface area contributed by atoms with Gasteiger partial charge < -0.3 is 24.4 Å². The minimum Gasteiger partial charge on any atom is -0.496 e. The van der Waals surface area contributed by atoms with E-state index < -0.39 is 6.04 Å². The van der Waals surface area contributed by atoms with Crippen LogP contribution in [0.1, 0.15) is 38.7 Å². The number of ether oxygens (including phenoxy) is 3. The summed E-state index contributed by atoms with van der Waals surface area (Å²) >= 11 is 0. The number of nitrogens with zero attached hydrogens (tertiary/aromatic N) is 1. The van der Waals surface area contributed by atoms with E-state index in [-0.39, 0.29) is 30.8 Å². The van der Waals surface area contributed by atoms with Gasteiger partial charge in [0.15, 0.2) is 6.61 Å². The quantitative estimate of drug-likeness (QED) is 0.458. The summed E-state index contributed by atoms with van der Waals surface area (Å²) in [5.41, 5.74) is 0.715. The lowest BCUT2D eigenvalue weighted by molar-refractivity contribution is -0.143. The predicted octanol–water partition coefficient (Wildman–Crippen LogP) is 3.95. The molecule has 0 spiro atoms. The molecular weight excluding hydrogens is 427 g/mol. The first-order valence-corrected chi connectivity index (χ1v) is 11.1. The maximum Gasteiger partial charge on any atom is 0.261 e. The molecule has 2 amide bonds. The van der Waals surface area contributed by atoms with Crippen molar-refractivity contribution < 1.29 is 28.2 Å². The number of hydrogen-bond donors (Lipinski definition) is 1. The number of carbonyl (C=O) groups excluding carboxylic acids is 2. The maximum atomic E-state index is 13.4. The van der Waals surface area contributed by atoms with Crippen LogP contribution < -0.4 is 19.5 Å². The molecule has 0 radical (unpaired) electrons. The third kappa shape index (κ3) is 7.97. The summed E-state index contributed by atoms with van der Waals surface area (Å²) in [5.74, 6) is 0.518. The van der Waals surface area contributed by atoms with Crippen molar-refractivity contribution >= 4 is 11.8 Å². The molecule has 0 unspecified atom stereocenters. The predicted molar refractivity (Wildman–Crippen MR) is 124 cm³/mol. The highest BCUT2D eigenvalue weighted by molar-refractivity contribution is 5.88. The van der Waals surface area contributed by atoms with Crippen LogP contribution in [0, 0.1) is 5.82 Å². The third-order valence-corrected chi connectivity index (χ3v) is 5.17. The number of amides is 2. The second kappa shape index (κ2) is 13.3. The van der Waals surface area contributed by atoms with Crippen LogP contribution in [-0.4, -0.2) is 50.1 Å². The Hall–Kier alpha value is -3.29. The molecule has 2 aromatic rings. The van der Waals surface area contributed by atoms with E-state index in [1.54, 1.807) is 30.3 Å². The summed E-state index contributed by atoms with van der Waals surface area (Å²) < 4.78 is 29.5. The molecule has 2 aromatic carbocycles. The molecule has 0 fully saturated rings. The molecule has 7 nitrogen and oxygen atoms in total. The number of unbranched alkanes of at least 4 members (excludes halogenated alkanes) is 1. The summed E-state index contributed by atoms with van der Waals surface area (Å²) in [4.78, 5) is 27.5. The summed E-state index contributed by atoms with van der Waals surface area (Å²) in [6.45, 7) is 4.31. The molecule has 0 aliphatic carbocycles. The van der Waals surface area contributed by atoms with E-state index >= 15 is 0 Å². The summed E-state index contributed by atoms with van der Waals surface area (Å²) in [6, 6.07) is 10.2. The number of halogens is 1. The van der Waals surface area contributed by atoms with Crippen LogP contribution in [-0.2, 0) is 16.1 Å². The highest BCUT2D eigenvalue weighted by Crippen LogP contribution is 2.27. The average Bonchev–Trinajstić information content (AvgIpc) is 2.83. The molecule has 1 atom stereocenters. The third-order valence-electron chi connectivity index (χ3n) is 5.17. The minimum atomic E-state index is -0.678. The Kier molecular flexibility index (Phi) is 10.5. The summed E-state index contributed by atoms with van der Waals surface area (Å²) in [7, 11) is 3.05. The van der Waals surface area contributed by atoms with Crippen LogP contribution in [0.4, 0.5) is 4.39 Å². The van der Waals surface area contributed by atoms with Crippen LogP contribution in [0.15, 0.2) is 42.5 Å². The van der Waals surface area contributed by atoms with E-state index in [0.29, 0.717) is 35.8 Å². The molecule has 8 heteroatoms. The van der Waals surface area contributed by atoms with Gasteiger partial charge in [-0.15, -0.1) is 0 Å². The fourth-order valence-corrected chi connectivity index (χ4v) is 3.30. The number of hydrogen-bond acceptors (Lipinski definition) is 5. The van der Waals surface area contributed by atoms with Gasteiger partial charge in [0.2, 0.25) is 5.91 Å². The van der Waals surface area contributed by atoms with Gasteiger partial charge >= 0.3 is 0 Å². The molecule has 0 aliphatic heterocycles. The van der Waals surface area contributed by atoms with E-state index in [0.717, 1.165) is 12.8 Å². The lowest BCUT2D eigenvalue weighted by Crippen LogP contribution is -2.50. The van der Waals surface area contributed by atoms with Gasteiger partial charge in [-0.1, -0.05) is 32.4 Å². The van der Waals surface area contributed by atoms with Crippen LogP contribution in [0.5, 0.6) is 17.2 Å². The smallest absolute Gasteiger partial charge is 0.261 e. The van der Waals surface area contributed by atoms with Gasteiger partial charge in [0, 0.05) is 31.3 Å². The van der Waals surface area contributed by atoms with Gasteiger partial charge in [0.1, 0.15) is 29.1 Å². The van der Waals surface area contributed by atoms with Gasteiger partial charge in [-0.2, -0.15) is 0 Å². The Bertz CT molecular complexity index is 882. The summed E-state index contributed by atoms with van der Waals surface area (Å²) in [6.07, 6.45) is 2.24. The van der Waals surface area contributed by atoms with Gasteiger partial charge in [0.25, 0.3) is 5.91 Å². The number of nitrogens with one attached hydrogen (secondary N) is 1. The highest BCUT2D eigenvalue weighted by atomic mass is 19.1. The van der Waals surface area contributed by atoms with Crippen molar-refractivity contribution in [3.8, 4) is 17.2 Å². The Labute approximate surface area is 194 Å². The molecule has 2 rings (SSSR count). The zero-order chi connectivity index (χ0) is 24.2. The lowest BCUT2D eigenvalue weighted by atomic mass is 10.1. The highest BCUT2D eigenvalue weighted by Gasteiger charge is 2.29. The molecule has 0 saturated heterocycles. The monoisotopic (exact) mass is 460 g/mol. The number of benzene rings is 2. The number of carbonyl (C=O) groups is 2. The fraction of sp³-hybridized carbons (Fsp3) is 0.440. The van der Waals surface area contributed by atoms with Crippen molar-refractivity contribution in [1.82, 2.24) is 10.2 Å². The Morgan fingerprint density at radius 1 is 1.00 bits per heavy atom. The SMILES string of the molecule is CCCCNC(=O)[C@H](CC)N(Cc1ccc(F)cc1)C(=O)COc1cc(OC)cc(OC)c1. The Balaban J connectivity index is 2.21. The van der Waals surface area contributed by atoms with Gasteiger partial charge in [-0.05, 0) is 30.5 Å². The number of methoxy groups -OCH3 is 2. The van der Waals surface area contributed by atoms with E-state index in [2.05, 4.69) is 5.32 Å². The second-order valence-corrected chi connectivity index (χ2v) is 7.55. The molecule has 1 N–H and O–H groups in total. The first-order valence-electron chi connectivity index (χ1n) is 11.1. The molecule has 0 bridgehead atoms. The van der Waals surface area contributed by atoms with Crippen molar-refractivity contribution in [1.29, 1.82) is 0 Å². The summed E-state index contributed by atoms with van der Waals surface area (Å²) in [5, 5.41) is 2.90. The zero-order valence-corrected chi connectivity index (χ0v) is 19.7. The largest absolute Gasteiger partial charge is 0.496 e. The molecular formula is C25H33FN2O5. The van der Waals surface area contributed by atoms with Crippen LogP contribution in [0.3, 0.4) is 0 Å². The van der Waals surface area contributed by atoms with Crippen LogP contribution in [0.2, 0.25) is 0 Å². The molecule has 33 heavy (non-hydrogen) atoms. The van der Waals surface area contributed by atoms with Crippen molar-refractivity contribution in [3.63, 3.8) is 0 Å². The number of rotatable bonds is 13. The van der Waals surface area contributed by atoms with E-state index in [4.69, 9.17) is 14.2 Å².